The number of hydrogen-bond acceptors (Lipinski definition) is 5. The summed E-state index contributed by atoms with van der Waals surface area (Å²) < 4.78 is 5.12. The van der Waals surface area contributed by atoms with Crippen LogP contribution in [0.3, 0.4) is 0 Å². The summed E-state index contributed by atoms with van der Waals surface area (Å²) in [4.78, 5) is 33.5. The van der Waals surface area contributed by atoms with Gasteiger partial charge >= 0.3 is 5.97 Å². The van der Waals surface area contributed by atoms with Crippen LogP contribution in [0.15, 0.2) is 48.5 Å². The Balaban J connectivity index is 1.78. The fourth-order valence-electron chi connectivity index (χ4n) is 1.89. The zero-order valence-corrected chi connectivity index (χ0v) is 13.0. The van der Waals surface area contributed by atoms with E-state index in [-0.39, 0.29) is 24.4 Å². The highest BCUT2D eigenvalue weighted by atomic mass is 16.6. The molecule has 7 nitrogen and oxygen atoms in total. The van der Waals surface area contributed by atoms with Crippen LogP contribution >= 0.6 is 0 Å². The lowest BCUT2D eigenvalue weighted by atomic mass is 10.2. The predicted octanol–water partition coefficient (Wildman–Crippen LogP) is 3.23. The molecule has 2 aromatic rings. The standard InChI is InChI=1S/C17H16N2O5/c1-12-2-8-15(9-3-12)24-17(21)11-10-16(20)18-13-4-6-14(7-5-13)19(22)23/h2-9H,10-11H2,1H3,(H,18,20). The Kier molecular flexibility index (Phi) is 5.62. The highest BCUT2D eigenvalue weighted by Gasteiger charge is 2.10. The molecule has 0 saturated heterocycles. The van der Waals surface area contributed by atoms with Gasteiger partial charge in [0.05, 0.1) is 11.3 Å². The Hall–Kier alpha value is -3.22. The second kappa shape index (κ2) is 7.87. The van der Waals surface area contributed by atoms with E-state index in [0.29, 0.717) is 11.4 Å². The van der Waals surface area contributed by atoms with Crippen LogP contribution in [0.25, 0.3) is 0 Å². The molecule has 0 saturated carbocycles. The van der Waals surface area contributed by atoms with Gasteiger partial charge in [-0.3, -0.25) is 19.7 Å². The van der Waals surface area contributed by atoms with Crippen molar-refractivity contribution in [3.05, 3.63) is 64.2 Å². The third-order valence-electron chi connectivity index (χ3n) is 3.17. The fourth-order valence-corrected chi connectivity index (χ4v) is 1.89. The van der Waals surface area contributed by atoms with Gasteiger partial charge < -0.3 is 10.1 Å². The Morgan fingerprint density at radius 1 is 1.04 bits per heavy atom. The molecule has 0 fully saturated rings. The molecule has 0 bridgehead atoms. The molecule has 0 atom stereocenters. The second-order valence-corrected chi connectivity index (χ2v) is 5.14. The number of hydrogen-bond donors (Lipinski definition) is 1. The first-order valence-corrected chi connectivity index (χ1v) is 7.26. The van der Waals surface area contributed by atoms with E-state index in [1.165, 1.54) is 24.3 Å². The van der Waals surface area contributed by atoms with Crippen LogP contribution < -0.4 is 10.1 Å². The van der Waals surface area contributed by atoms with Gasteiger partial charge in [0.15, 0.2) is 0 Å². The zero-order valence-electron chi connectivity index (χ0n) is 13.0. The van der Waals surface area contributed by atoms with Crippen LogP contribution in [0.2, 0.25) is 0 Å². The molecule has 0 spiro atoms. The lowest BCUT2D eigenvalue weighted by molar-refractivity contribution is -0.384. The fraction of sp³-hybridized carbons (Fsp3) is 0.176. The molecule has 1 N–H and O–H groups in total. The molecule has 0 aromatic heterocycles. The monoisotopic (exact) mass is 328 g/mol. The summed E-state index contributed by atoms with van der Waals surface area (Å²) in [6, 6.07) is 12.5. The van der Waals surface area contributed by atoms with E-state index < -0.39 is 10.9 Å². The number of amides is 1. The van der Waals surface area contributed by atoms with Gasteiger partial charge in [-0.25, -0.2) is 0 Å². The summed E-state index contributed by atoms with van der Waals surface area (Å²) >= 11 is 0. The Morgan fingerprint density at radius 3 is 2.25 bits per heavy atom. The molecule has 24 heavy (non-hydrogen) atoms. The first kappa shape index (κ1) is 17.1. The number of benzene rings is 2. The molecule has 0 unspecified atom stereocenters. The summed E-state index contributed by atoms with van der Waals surface area (Å²) in [6.45, 7) is 1.92. The van der Waals surface area contributed by atoms with Gasteiger partial charge in [-0.05, 0) is 31.2 Å². The minimum Gasteiger partial charge on any atom is -0.427 e. The van der Waals surface area contributed by atoms with E-state index in [0.717, 1.165) is 5.56 Å². The van der Waals surface area contributed by atoms with E-state index >= 15 is 0 Å². The number of nitrogens with zero attached hydrogens (tertiary/aromatic N) is 1. The van der Waals surface area contributed by atoms with Crippen molar-refractivity contribution in [2.75, 3.05) is 5.32 Å². The highest BCUT2D eigenvalue weighted by molar-refractivity contribution is 5.92. The Bertz CT molecular complexity index is 739. The van der Waals surface area contributed by atoms with Crippen LogP contribution in [0.4, 0.5) is 11.4 Å². The first-order valence-electron chi connectivity index (χ1n) is 7.26. The number of carbonyl (C=O) groups excluding carboxylic acids is 2. The smallest absolute Gasteiger partial charge is 0.311 e. The Labute approximate surface area is 138 Å². The van der Waals surface area contributed by atoms with Gasteiger partial charge in [0.1, 0.15) is 5.75 Å². The molecule has 7 heteroatoms. The predicted molar refractivity (Wildman–Crippen MR) is 87.8 cm³/mol. The molecule has 0 aliphatic carbocycles. The highest BCUT2D eigenvalue weighted by Crippen LogP contribution is 2.16. The van der Waals surface area contributed by atoms with Crippen LogP contribution in [0, 0.1) is 17.0 Å². The summed E-state index contributed by atoms with van der Waals surface area (Å²) in [7, 11) is 0. The number of esters is 1. The van der Waals surface area contributed by atoms with E-state index in [1.54, 1.807) is 12.1 Å². The number of nitro benzene ring substituents is 1. The minimum atomic E-state index is -0.521. The van der Waals surface area contributed by atoms with Gasteiger partial charge in [0.2, 0.25) is 5.91 Å². The van der Waals surface area contributed by atoms with E-state index in [2.05, 4.69) is 5.32 Å². The van der Waals surface area contributed by atoms with Crippen molar-refractivity contribution < 1.29 is 19.2 Å². The van der Waals surface area contributed by atoms with Crippen LogP contribution in [-0.4, -0.2) is 16.8 Å². The minimum absolute atomic E-state index is 0.0400. The third kappa shape index (κ3) is 5.20. The van der Waals surface area contributed by atoms with Gasteiger partial charge in [-0.1, -0.05) is 17.7 Å². The first-order chi connectivity index (χ1) is 11.4. The quantitative estimate of drug-likeness (QED) is 0.380. The molecular formula is C17H16N2O5. The van der Waals surface area contributed by atoms with Crippen molar-refractivity contribution in [3.8, 4) is 5.75 Å². The zero-order chi connectivity index (χ0) is 17.5. The molecule has 2 aromatic carbocycles. The van der Waals surface area contributed by atoms with Crippen molar-refractivity contribution in [3.63, 3.8) is 0 Å². The largest absolute Gasteiger partial charge is 0.427 e. The molecular weight excluding hydrogens is 312 g/mol. The number of non-ortho nitro benzene ring substituents is 1. The maximum Gasteiger partial charge on any atom is 0.311 e. The number of aryl methyl sites for hydroxylation is 1. The number of nitrogens with one attached hydrogen (secondary N) is 1. The van der Waals surface area contributed by atoms with Crippen molar-refractivity contribution >= 4 is 23.3 Å². The molecule has 0 heterocycles. The maximum atomic E-state index is 11.8. The molecule has 2 rings (SSSR count). The molecule has 0 radical (unpaired) electrons. The lowest BCUT2D eigenvalue weighted by Crippen LogP contribution is -2.15. The van der Waals surface area contributed by atoms with Gasteiger partial charge in [0, 0.05) is 24.2 Å². The van der Waals surface area contributed by atoms with E-state index in [1.807, 2.05) is 19.1 Å². The van der Waals surface area contributed by atoms with Gasteiger partial charge in [0.25, 0.3) is 5.69 Å². The van der Waals surface area contributed by atoms with E-state index in [4.69, 9.17) is 4.74 Å². The van der Waals surface area contributed by atoms with Crippen LogP contribution in [-0.2, 0) is 9.59 Å². The third-order valence-corrected chi connectivity index (χ3v) is 3.17. The molecule has 124 valence electrons. The molecule has 1 amide bonds. The molecule has 0 aliphatic heterocycles. The van der Waals surface area contributed by atoms with Crippen molar-refractivity contribution in [2.45, 2.75) is 19.8 Å². The summed E-state index contributed by atoms with van der Waals surface area (Å²) in [5, 5.41) is 13.1. The van der Waals surface area contributed by atoms with Crippen molar-refractivity contribution in [1.29, 1.82) is 0 Å². The van der Waals surface area contributed by atoms with Crippen LogP contribution in [0.5, 0.6) is 5.75 Å². The number of carbonyl (C=O) groups is 2. The summed E-state index contributed by atoms with van der Waals surface area (Å²) in [6.07, 6.45) is -0.103. The lowest BCUT2D eigenvalue weighted by Gasteiger charge is -2.06. The van der Waals surface area contributed by atoms with Gasteiger partial charge in [-0.15, -0.1) is 0 Å². The summed E-state index contributed by atoms with van der Waals surface area (Å²) in [5.74, 6) is -0.441. The normalized spacial score (nSPS) is 10.0. The number of anilines is 1. The van der Waals surface area contributed by atoms with Crippen molar-refractivity contribution in [1.82, 2.24) is 0 Å². The van der Waals surface area contributed by atoms with Crippen LogP contribution in [0.1, 0.15) is 18.4 Å². The van der Waals surface area contributed by atoms with Crippen molar-refractivity contribution in [2.24, 2.45) is 0 Å². The van der Waals surface area contributed by atoms with E-state index in [9.17, 15) is 19.7 Å². The Morgan fingerprint density at radius 2 is 1.67 bits per heavy atom. The number of rotatable bonds is 6. The second-order valence-electron chi connectivity index (χ2n) is 5.14. The maximum absolute atomic E-state index is 11.8. The average Bonchev–Trinajstić information content (AvgIpc) is 2.55. The van der Waals surface area contributed by atoms with Gasteiger partial charge in [-0.2, -0.15) is 0 Å². The number of nitro groups is 1. The topological polar surface area (TPSA) is 98.5 Å². The summed E-state index contributed by atoms with van der Waals surface area (Å²) in [5.41, 5.74) is 1.42. The average molecular weight is 328 g/mol. The SMILES string of the molecule is Cc1ccc(OC(=O)CCC(=O)Nc2ccc([N+](=O)[O-])cc2)cc1. The molecule has 0 aliphatic rings. The number of ether oxygens (including phenoxy) is 1.